The van der Waals surface area contributed by atoms with Crippen molar-refractivity contribution in [2.45, 2.75) is 50.5 Å². The molecule has 0 amide bonds. The van der Waals surface area contributed by atoms with E-state index >= 15 is 0 Å². The Morgan fingerprint density at radius 2 is 2.16 bits per heavy atom. The lowest BCUT2D eigenvalue weighted by Gasteiger charge is -2.44. The molecule has 1 fully saturated rings. The molecule has 19 heavy (non-hydrogen) atoms. The van der Waals surface area contributed by atoms with Crippen LogP contribution in [0.5, 0.6) is 0 Å². The van der Waals surface area contributed by atoms with Gasteiger partial charge >= 0.3 is 5.97 Å². The fourth-order valence-electron chi connectivity index (χ4n) is 3.15. The van der Waals surface area contributed by atoms with Crippen LogP contribution in [0.25, 0.3) is 0 Å². The van der Waals surface area contributed by atoms with Gasteiger partial charge in [-0.05, 0) is 37.8 Å². The summed E-state index contributed by atoms with van der Waals surface area (Å²) in [4.78, 5) is 14.9. The molecule has 1 heterocycles. The predicted octanol–water partition coefficient (Wildman–Crippen LogP) is 3.40. The third-order valence-electron chi connectivity index (χ3n) is 4.35. The molecule has 0 saturated heterocycles. The lowest BCUT2D eigenvalue weighted by molar-refractivity contribution is -0.141. The maximum absolute atomic E-state index is 11.2. The number of thiophene rings is 1. The van der Waals surface area contributed by atoms with E-state index < -0.39 is 5.97 Å². The third kappa shape index (κ3) is 3.80. The number of carboxylic acid groups (broad SMARTS) is 1. The molecular weight excluding hydrogens is 258 g/mol. The molecule has 106 valence electrons. The van der Waals surface area contributed by atoms with Crippen LogP contribution in [0, 0.1) is 0 Å². The smallest absolute Gasteiger partial charge is 0.305 e. The Morgan fingerprint density at radius 1 is 1.42 bits per heavy atom. The van der Waals surface area contributed by atoms with Gasteiger partial charge in [-0.25, -0.2) is 0 Å². The zero-order chi connectivity index (χ0) is 13.7. The Balaban J connectivity index is 1.98. The van der Waals surface area contributed by atoms with Crippen LogP contribution < -0.4 is 0 Å². The SMILES string of the molecule is CN(CCc1cccs1)C1(CC(=O)O)CCCCC1. The van der Waals surface area contributed by atoms with E-state index in [1.54, 1.807) is 11.3 Å². The molecule has 1 aliphatic carbocycles. The molecule has 0 bridgehead atoms. The van der Waals surface area contributed by atoms with E-state index in [1.165, 1.54) is 11.3 Å². The number of carboxylic acids is 1. The second-order valence-electron chi connectivity index (χ2n) is 5.61. The van der Waals surface area contributed by atoms with Crippen LogP contribution in [-0.4, -0.2) is 35.1 Å². The highest BCUT2D eigenvalue weighted by Gasteiger charge is 2.37. The van der Waals surface area contributed by atoms with Crippen molar-refractivity contribution in [2.24, 2.45) is 0 Å². The zero-order valence-corrected chi connectivity index (χ0v) is 12.4. The average Bonchev–Trinajstić information content (AvgIpc) is 2.89. The largest absolute Gasteiger partial charge is 0.481 e. The van der Waals surface area contributed by atoms with Gasteiger partial charge in [0.15, 0.2) is 0 Å². The number of hydrogen-bond acceptors (Lipinski definition) is 3. The summed E-state index contributed by atoms with van der Waals surface area (Å²) in [7, 11) is 2.10. The zero-order valence-electron chi connectivity index (χ0n) is 11.6. The number of hydrogen-bond donors (Lipinski definition) is 1. The summed E-state index contributed by atoms with van der Waals surface area (Å²) in [6.07, 6.45) is 6.94. The molecule has 0 radical (unpaired) electrons. The fourth-order valence-corrected chi connectivity index (χ4v) is 3.85. The molecule has 2 rings (SSSR count). The number of likely N-dealkylation sites (N-methyl/N-ethyl adjacent to an activating group) is 1. The maximum Gasteiger partial charge on any atom is 0.305 e. The van der Waals surface area contributed by atoms with Crippen LogP contribution in [0.3, 0.4) is 0 Å². The van der Waals surface area contributed by atoms with Crippen LogP contribution in [0.4, 0.5) is 0 Å². The van der Waals surface area contributed by atoms with E-state index in [1.807, 2.05) is 0 Å². The van der Waals surface area contributed by atoms with E-state index in [0.717, 1.165) is 38.6 Å². The van der Waals surface area contributed by atoms with Crippen molar-refractivity contribution in [1.82, 2.24) is 4.90 Å². The van der Waals surface area contributed by atoms with Crippen LogP contribution in [-0.2, 0) is 11.2 Å². The van der Waals surface area contributed by atoms with Crippen molar-refractivity contribution in [3.05, 3.63) is 22.4 Å². The molecule has 3 nitrogen and oxygen atoms in total. The van der Waals surface area contributed by atoms with Crippen molar-refractivity contribution in [3.63, 3.8) is 0 Å². The number of carbonyl (C=O) groups is 1. The molecule has 0 aliphatic heterocycles. The summed E-state index contributed by atoms with van der Waals surface area (Å²) in [6.45, 7) is 0.952. The van der Waals surface area contributed by atoms with Gasteiger partial charge in [0.2, 0.25) is 0 Å². The molecular formula is C15H23NO2S. The normalized spacial score (nSPS) is 18.6. The monoisotopic (exact) mass is 281 g/mol. The van der Waals surface area contributed by atoms with E-state index in [-0.39, 0.29) is 12.0 Å². The van der Waals surface area contributed by atoms with Crippen LogP contribution in [0.1, 0.15) is 43.4 Å². The molecule has 1 aromatic heterocycles. The van der Waals surface area contributed by atoms with Gasteiger partial charge in [0.25, 0.3) is 0 Å². The topological polar surface area (TPSA) is 40.5 Å². The Bertz CT molecular complexity index is 396. The van der Waals surface area contributed by atoms with E-state index in [9.17, 15) is 9.90 Å². The van der Waals surface area contributed by atoms with Gasteiger partial charge in [-0.2, -0.15) is 0 Å². The Morgan fingerprint density at radius 3 is 2.74 bits per heavy atom. The predicted molar refractivity (Wildman–Crippen MR) is 78.7 cm³/mol. The first-order chi connectivity index (χ1) is 9.12. The van der Waals surface area contributed by atoms with Gasteiger partial charge in [-0.3, -0.25) is 9.69 Å². The summed E-state index contributed by atoms with van der Waals surface area (Å²) in [6, 6.07) is 4.23. The first-order valence-electron chi connectivity index (χ1n) is 7.08. The summed E-state index contributed by atoms with van der Waals surface area (Å²) >= 11 is 1.78. The summed E-state index contributed by atoms with van der Waals surface area (Å²) < 4.78 is 0. The average molecular weight is 281 g/mol. The van der Waals surface area contributed by atoms with Crippen molar-refractivity contribution in [2.75, 3.05) is 13.6 Å². The van der Waals surface area contributed by atoms with Crippen LogP contribution in [0.2, 0.25) is 0 Å². The number of aliphatic carboxylic acids is 1. The Kier molecular flexibility index (Phi) is 4.99. The Labute approximate surface area is 119 Å². The Hall–Kier alpha value is -0.870. The van der Waals surface area contributed by atoms with Crippen molar-refractivity contribution in [1.29, 1.82) is 0 Å². The van der Waals surface area contributed by atoms with Gasteiger partial charge in [0.05, 0.1) is 6.42 Å². The number of rotatable bonds is 6. The third-order valence-corrected chi connectivity index (χ3v) is 5.28. The summed E-state index contributed by atoms with van der Waals surface area (Å²) in [5.41, 5.74) is -0.110. The molecule has 4 heteroatoms. The highest BCUT2D eigenvalue weighted by molar-refractivity contribution is 7.09. The molecule has 0 unspecified atom stereocenters. The maximum atomic E-state index is 11.2. The van der Waals surface area contributed by atoms with Crippen molar-refractivity contribution in [3.8, 4) is 0 Å². The van der Waals surface area contributed by atoms with Crippen LogP contribution in [0.15, 0.2) is 17.5 Å². The van der Waals surface area contributed by atoms with Gasteiger partial charge < -0.3 is 5.11 Å². The molecule has 1 aromatic rings. The van der Waals surface area contributed by atoms with Crippen LogP contribution >= 0.6 is 11.3 Å². The summed E-state index contributed by atoms with van der Waals surface area (Å²) in [5, 5.41) is 11.3. The standard InChI is InChI=1S/C15H23NO2S/c1-16(10-7-13-6-5-11-19-13)15(12-14(17)18)8-3-2-4-9-15/h5-6,11H,2-4,7-10,12H2,1H3,(H,17,18). The van der Waals surface area contributed by atoms with E-state index in [2.05, 4.69) is 29.5 Å². The molecule has 0 aromatic carbocycles. The molecule has 0 spiro atoms. The fraction of sp³-hybridized carbons (Fsp3) is 0.667. The minimum atomic E-state index is -0.662. The van der Waals surface area contributed by atoms with Gasteiger partial charge in [0, 0.05) is 17.0 Å². The van der Waals surface area contributed by atoms with Gasteiger partial charge in [-0.15, -0.1) is 11.3 Å². The minimum Gasteiger partial charge on any atom is -0.481 e. The molecule has 1 N–H and O–H groups in total. The van der Waals surface area contributed by atoms with Gasteiger partial charge in [-0.1, -0.05) is 25.3 Å². The quantitative estimate of drug-likeness (QED) is 0.869. The second-order valence-corrected chi connectivity index (χ2v) is 6.64. The molecule has 0 atom stereocenters. The highest BCUT2D eigenvalue weighted by Crippen LogP contribution is 2.36. The van der Waals surface area contributed by atoms with Crippen molar-refractivity contribution >= 4 is 17.3 Å². The van der Waals surface area contributed by atoms with Gasteiger partial charge in [0.1, 0.15) is 0 Å². The first-order valence-corrected chi connectivity index (χ1v) is 7.96. The molecule has 1 saturated carbocycles. The number of nitrogens with zero attached hydrogens (tertiary/aromatic N) is 1. The van der Waals surface area contributed by atoms with E-state index in [0.29, 0.717) is 0 Å². The molecule has 1 aliphatic rings. The first kappa shape index (κ1) is 14.5. The highest BCUT2D eigenvalue weighted by atomic mass is 32.1. The van der Waals surface area contributed by atoms with Crippen molar-refractivity contribution < 1.29 is 9.90 Å². The lowest BCUT2D eigenvalue weighted by atomic mass is 9.78. The lowest BCUT2D eigenvalue weighted by Crippen LogP contribution is -2.50. The minimum absolute atomic E-state index is 0.110. The second kappa shape index (κ2) is 6.53. The van der Waals surface area contributed by atoms with E-state index in [4.69, 9.17) is 0 Å². The summed E-state index contributed by atoms with van der Waals surface area (Å²) in [5.74, 6) is -0.662.